The lowest BCUT2D eigenvalue weighted by atomic mass is 9.83. The first-order valence-corrected chi connectivity index (χ1v) is 6.54. The Kier molecular flexibility index (Phi) is 3.73. The van der Waals surface area contributed by atoms with Crippen molar-refractivity contribution in [2.75, 3.05) is 7.11 Å². The number of hydrogen-bond acceptors (Lipinski definition) is 3. The van der Waals surface area contributed by atoms with Gasteiger partial charge in [-0.2, -0.15) is 0 Å². The van der Waals surface area contributed by atoms with E-state index in [4.69, 9.17) is 4.74 Å². The molecular formula is C17H20O3. The van der Waals surface area contributed by atoms with Gasteiger partial charge in [0.15, 0.2) is 0 Å². The molecule has 2 aromatic rings. The van der Waals surface area contributed by atoms with Crippen LogP contribution in [-0.4, -0.2) is 17.3 Å². The first-order valence-electron chi connectivity index (χ1n) is 6.54. The third-order valence-corrected chi connectivity index (χ3v) is 3.69. The van der Waals surface area contributed by atoms with Gasteiger partial charge in [-0.15, -0.1) is 0 Å². The van der Waals surface area contributed by atoms with Crippen LogP contribution in [0.2, 0.25) is 0 Å². The summed E-state index contributed by atoms with van der Waals surface area (Å²) in [7, 11) is 1.62. The van der Waals surface area contributed by atoms with Crippen LogP contribution in [0.4, 0.5) is 0 Å². The fourth-order valence-electron chi connectivity index (χ4n) is 2.65. The van der Waals surface area contributed by atoms with Crippen molar-refractivity contribution >= 4 is 0 Å². The molecule has 3 nitrogen and oxygen atoms in total. The maximum Gasteiger partial charge on any atom is 0.119 e. The highest BCUT2D eigenvalue weighted by Crippen LogP contribution is 2.35. The second-order valence-corrected chi connectivity index (χ2v) is 5.25. The van der Waals surface area contributed by atoms with Crippen LogP contribution in [-0.2, 0) is 5.60 Å². The van der Waals surface area contributed by atoms with Gasteiger partial charge in [0.05, 0.1) is 7.11 Å². The molecule has 20 heavy (non-hydrogen) atoms. The standard InChI is InChI=1S/C17H20O3/c1-11-9-13(18)5-7-15(11)17(3,19)16-8-6-14(20-4)10-12(16)2/h5-10,18-19H,1-4H3. The Morgan fingerprint density at radius 2 is 1.50 bits per heavy atom. The van der Waals surface area contributed by atoms with Crippen molar-refractivity contribution in [3.63, 3.8) is 0 Å². The lowest BCUT2D eigenvalue weighted by molar-refractivity contribution is 0.101. The molecule has 0 aliphatic heterocycles. The molecule has 0 bridgehead atoms. The van der Waals surface area contributed by atoms with Crippen molar-refractivity contribution < 1.29 is 14.9 Å². The topological polar surface area (TPSA) is 49.7 Å². The van der Waals surface area contributed by atoms with Crippen LogP contribution in [0.1, 0.15) is 29.2 Å². The Morgan fingerprint density at radius 3 is 2.00 bits per heavy atom. The average Bonchev–Trinajstić information content (AvgIpc) is 2.37. The van der Waals surface area contributed by atoms with Crippen molar-refractivity contribution in [3.8, 4) is 11.5 Å². The number of rotatable bonds is 3. The fraction of sp³-hybridized carbons (Fsp3) is 0.294. The molecule has 106 valence electrons. The Labute approximate surface area is 119 Å². The first kappa shape index (κ1) is 14.4. The lowest BCUT2D eigenvalue weighted by Gasteiger charge is -2.28. The summed E-state index contributed by atoms with van der Waals surface area (Å²) in [6.07, 6.45) is 0. The van der Waals surface area contributed by atoms with E-state index in [9.17, 15) is 10.2 Å². The molecule has 0 amide bonds. The first-order chi connectivity index (χ1) is 9.36. The zero-order valence-electron chi connectivity index (χ0n) is 12.3. The van der Waals surface area contributed by atoms with Crippen molar-refractivity contribution in [2.24, 2.45) is 0 Å². The zero-order valence-corrected chi connectivity index (χ0v) is 12.3. The molecule has 2 aromatic carbocycles. The minimum absolute atomic E-state index is 0.202. The summed E-state index contributed by atoms with van der Waals surface area (Å²) in [5, 5.41) is 20.4. The van der Waals surface area contributed by atoms with Gasteiger partial charge in [0.2, 0.25) is 0 Å². The average molecular weight is 272 g/mol. The normalized spacial score (nSPS) is 13.8. The third kappa shape index (κ3) is 2.49. The Morgan fingerprint density at radius 1 is 0.950 bits per heavy atom. The number of phenolic OH excluding ortho intramolecular Hbond substituents is 1. The number of phenols is 1. The van der Waals surface area contributed by atoms with Gasteiger partial charge in [0.25, 0.3) is 0 Å². The molecule has 3 heteroatoms. The minimum atomic E-state index is -1.12. The maximum atomic E-state index is 11.0. The Hall–Kier alpha value is -2.00. The molecule has 0 fully saturated rings. The van der Waals surface area contributed by atoms with Crippen LogP contribution in [0.15, 0.2) is 36.4 Å². The number of methoxy groups -OCH3 is 1. The fourth-order valence-corrected chi connectivity index (χ4v) is 2.65. The summed E-state index contributed by atoms with van der Waals surface area (Å²) in [6, 6.07) is 10.6. The molecule has 0 aromatic heterocycles. The summed E-state index contributed by atoms with van der Waals surface area (Å²) in [6.45, 7) is 5.59. The van der Waals surface area contributed by atoms with Crippen molar-refractivity contribution in [1.82, 2.24) is 0 Å². The Balaban J connectivity index is 2.54. The minimum Gasteiger partial charge on any atom is -0.508 e. The second kappa shape index (κ2) is 5.17. The van der Waals surface area contributed by atoms with E-state index in [1.807, 2.05) is 32.0 Å². The SMILES string of the molecule is COc1ccc(C(C)(O)c2ccc(O)cc2C)c(C)c1. The van der Waals surface area contributed by atoms with Gasteiger partial charge in [0.1, 0.15) is 17.1 Å². The molecule has 0 saturated heterocycles. The number of benzene rings is 2. The van der Waals surface area contributed by atoms with Crippen LogP contribution < -0.4 is 4.74 Å². The van der Waals surface area contributed by atoms with E-state index in [1.54, 1.807) is 32.2 Å². The van der Waals surface area contributed by atoms with Gasteiger partial charge in [-0.1, -0.05) is 12.1 Å². The molecule has 1 unspecified atom stereocenters. The van der Waals surface area contributed by atoms with Gasteiger partial charge >= 0.3 is 0 Å². The number of aliphatic hydroxyl groups is 1. The van der Waals surface area contributed by atoms with Gasteiger partial charge in [-0.25, -0.2) is 0 Å². The lowest BCUT2D eigenvalue weighted by Crippen LogP contribution is -2.25. The molecule has 0 aliphatic rings. The number of aromatic hydroxyl groups is 1. The van der Waals surface area contributed by atoms with E-state index >= 15 is 0 Å². The third-order valence-electron chi connectivity index (χ3n) is 3.69. The predicted octanol–water partition coefficient (Wildman–Crippen LogP) is 3.27. The molecule has 1 atom stereocenters. The maximum absolute atomic E-state index is 11.0. The van der Waals surface area contributed by atoms with Crippen LogP contribution in [0.25, 0.3) is 0 Å². The van der Waals surface area contributed by atoms with E-state index in [2.05, 4.69) is 0 Å². The van der Waals surface area contributed by atoms with Crippen molar-refractivity contribution in [2.45, 2.75) is 26.4 Å². The number of aryl methyl sites for hydroxylation is 2. The molecule has 2 N–H and O–H groups in total. The smallest absolute Gasteiger partial charge is 0.119 e. The van der Waals surface area contributed by atoms with Gasteiger partial charge in [-0.05, 0) is 67.3 Å². The molecular weight excluding hydrogens is 252 g/mol. The quantitative estimate of drug-likeness (QED) is 0.901. The van der Waals surface area contributed by atoms with E-state index in [-0.39, 0.29) is 5.75 Å². The highest BCUT2D eigenvalue weighted by Gasteiger charge is 2.29. The van der Waals surface area contributed by atoms with Crippen molar-refractivity contribution in [1.29, 1.82) is 0 Å². The number of ether oxygens (including phenoxy) is 1. The monoisotopic (exact) mass is 272 g/mol. The van der Waals surface area contributed by atoms with E-state index in [0.717, 1.165) is 28.0 Å². The second-order valence-electron chi connectivity index (χ2n) is 5.25. The van der Waals surface area contributed by atoms with Gasteiger partial charge in [0, 0.05) is 0 Å². The largest absolute Gasteiger partial charge is 0.508 e. The summed E-state index contributed by atoms with van der Waals surface area (Å²) in [5.74, 6) is 0.970. The van der Waals surface area contributed by atoms with Gasteiger partial charge < -0.3 is 14.9 Å². The summed E-state index contributed by atoms with van der Waals surface area (Å²) < 4.78 is 5.19. The zero-order chi connectivity index (χ0) is 14.9. The summed E-state index contributed by atoms with van der Waals surface area (Å²) in [5.41, 5.74) is 2.30. The molecule has 0 spiro atoms. The molecule has 0 saturated carbocycles. The van der Waals surface area contributed by atoms with E-state index in [1.165, 1.54) is 0 Å². The van der Waals surface area contributed by atoms with Gasteiger partial charge in [-0.3, -0.25) is 0 Å². The Bertz CT molecular complexity index is 630. The molecule has 0 heterocycles. The van der Waals surface area contributed by atoms with Crippen LogP contribution >= 0.6 is 0 Å². The highest BCUT2D eigenvalue weighted by atomic mass is 16.5. The van der Waals surface area contributed by atoms with Crippen molar-refractivity contribution in [3.05, 3.63) is 58.7 Å². The predicted molar refractivity (Wildman–Crippen MR) is 79.2 cm³/mol. The summed E-state index contributed by atoms with van der Waals surface area (Å²) >= 11 is 0. The highest BCUT2D eigenvalue weighted by molar-refractivity contribution is 5.47. The molecule has 2 rings (SSSR count). The number of hydrogen-bond donors (Lipinski definition) is 2. The van der Waals surface area contributed by atoms with Crippen LogP contribution in [0.3, 0.4) is 0 Å². The summed E-state index contributed by atoms with van der Waals surface area (Å²) in [4.78, 5) is 0. The van der Waals surface area contributed by atoms with Crippen LogP contribution in [0, 0.1) is 13.8 Å². The molecule has 0 aliphatic carbocycles. The van der Waals surface area contributed by atoms with E-state index < -0.39 is 5.60 Å². The molecule has 0 radical (unpaired) electrons. The van der Waals surface area contributed by atoms with Crippen LogP contribution in [0.5, 0.6) is 11.5 Å². The van der Waals surface area contributed by atoms with E-state index in [0.29, 0.717) is 0 Å².